The lowest BCUT2D eigenvalue weighted by Crippen LogP contribution is -2.35. The van der Waals surface area contributed by atoms with Gasteiger partial charge in [0.2, 0.25) is 0 Å². The summed E-state index contributed by atoms with van der Waals surface area (Å²) < 4.78 is 47.3. The van der Waals surface area contributed by atoms with Crippen molar-refractivity contribution in [2.45, 2.75) is 37.8 Å². The normalized spacial score (nSPS) is 20.3. The van der Waals surface area contributed by atoms with E-state index >= 15 is 0 Å². The molecule has 0 fully saturated rings. The van der Waals surface area contributed by atoms with Gasteiger partial charge in [0.1, 0.15) is 0 Å². The molecule has 0 bridgehead atoms. The Balaban J connectivity index is 1.50. The van der Waals surface area contributed by atoms with Crippen LogP contribution in [0.4, 0.5) is 23.7 Å². The van der Waals surface area contributed by atoms with Crippen LogP contribution in [0.5, 0.6) is 11.5 Å². The Morgan fingerprint density at radius 2 is 1.97 bits per heavy atom. The van der Waals surface area contributed by atoms with Gasteiger partial charge in [-0.2, -0.15) is 0 Å². The number of hydrogen-bond acceptors (Lipinski definition) is 4. The number of carbonyl (C=O) groups is 1. The van der Waals surface area contributed by atoms with Crippen molar-refractivity contribution in [1.82, 2.24) is 5.32 Å². The van der Waals surface area contributed by atoms with E-state index in [9.17, 15) is 23.1 Å². The Bertz CT molecular complexity index is 932. The molecule has 2 amide bonds. The van der Waals surface area contributed by atoms with E-state index in [2.05, 4.69) is 15.4 Å². The largest absolute Gasteiger partial charge is 0.573 e. The summed E-state index contributed by atoms with van der Waals surface area (Å²) in [6.07, 6.45) is -3.90. The number of hydrogen-bond donors (Lipinski definition) is 3. The molecule has 1 aliphatic heterocycles. The lowest BCUT2D eigenvalue weighted by atomic mass is 10.00. The van der Waals surface area contributed by atoms with Crippen LogP contribution in [0.1, 0.15) is 29.2 Å². The molecule has 2 aliphatic rings. The standard InChI is InChI=1S/C20H19F3N2O4/c21-20(22,23)29-17-6-2-4-13-16(7-8-28-18(13)17)25-19(27)24-15-5-1-3-11-9-12(26)10-14(11)15/h1-6,12,16,26H,7-10H2,(H2,24,25,27)/t12-,16-/m1/s1. The molecule has 29 heavy (non-hydrogen) atoms. The number of alkyl halides is 3. The van der Waals surface area contributed by atoms with Gasteiger partial charge in [-0.05, 0) is 29.7 Å². The molecule has 0 spiro atoms. The van der Waals surface area contributed by atoms with Crippen molar-refractivity contribution < 1.29 is 32.5 Å². The Kier molecular flexibility index (Phi) is 4.99. The summed E-state index contributed by atoms with van der Waals surface area (Å²) in [5, 5.41) is 15.4. The third-order valence-electron chi connectivity index (χ3n) is 4.99. The first-order valence-electron chi connectivity index (χ1n) is 9.18. The lowest BCUT2D eigenvalue weighted by molar-refractivity contribution is -0.275. The smallest absolute Gasteiger partial charge is 0.489 e. The number of benzene rings is 2. The molecule has 1 aliphatic carbocycles. The molecule has 1 heterocycles. The first-order chi connectivity index (χ1) is 13.8. The molecular weight excluding hydrogens is 389 g/mol. The van der Waals surface area contributed by atoms with E-state index in [1.54, 1.807) is 18.2 Å². The molecule has 3 N–H and O–H groups in total. The molecule has 0 saturated heterocycles. The van der Waals surface area contributed by atoms with Crippen LogP contribution in [0.25, 0.3) is 0 Å². The fourth-order valence-electron chi connectivity index (χ4n) is 3.81. The van der Waals surface area contributed by atoms with Crippen LogP contribution >= 0.6 is 0 Å². The van der Waals surface area contributed by atoms with Crippen LogP contribution in [0.15, 0.2) is 36.4 Å². The number of rotatable bonds is 3. The Hall–Kier alpha value is -2.94. The molecule has 0 radical (unpaired) electrons. The second-order valence-corrected chi connectivity index (χ2v) is 7.02. The topological polar surface area (TPSA) is 79.8 Å². The number of anilines is 1. The van der Waals surface area contributed by atoms with Crippen molar-refractivity contribution in [1.29, 1.82) is 0 Å². The Morgan fingerprint density at radius 3 is 2.76 bits per heavy atom. The second kappa shape index (κ2) is 7.47. The molecule has 6 nitrogen and oxygen atoms in total. The minimum absolute atomic E-state index is 0.0231. The zero-order valence-electron chi connectivity index (χ0n) is 15.3. The van der Waals surface area contributed by atoms with Crippen molar-refractivity contribution in [3.05, 3.63) is 53.1 Å². The third-order valence-corrected chi connectivity index (χ3v) is 4.99. The highest BCUT2D eigenvalue weighted by atomic mass is 19.4. The molecule has 4 rings (SSSR count). The van der Waals surface area contributed by atoms with Gasteiger partial charge in [0.25, 0.3) is 0 Å². The average molecular weight is 408 g/mol. The van der Waals surface area contributed by atoms with Crippen LogP contribution < -0.4 is 20.1 Å². The van der Waals surface area contributed by atoms with Crippen LogP contribution in [0.2, 0.25) is 0 Å². The van der Waals surface area contributed by atoms with E-state index in [1.807, 2.05) is 6.07 Å². The van der Waals surface area contributed by atoms with Gasteiger partial charge >= 0.3 is 12.4 Å². The maximum Gasteiger partial charge on any atom is 0.573 e. The number of aliphatic hydroxyl groups excluding tert-OH is 1. The van der Waals surface area contributed by atoms with Crippen LogP contribution in [0.3, 0.4) is 0 Å². The maximum absolute atomic E-state index is 12.6. The van der Waals surface area contributed by atoms with E-state index in [4.69, 9.17) is 4.74 Å². The monoisotopic (exact) mass is 408 g/mol. The van der Waals surface area contributed by atoms with Gasteiger partial charge in [0.15, 0.2) is 11.5 Å². The van der Waals surface area contributed by atoms with Gasteiger partial charge in [-0.1, -0.05) is 24.3 Å². The number of urea groups is 1. The number of para-hydroxylation sites is 1. The quantitative estimate of drug-likeness (QED) is 0.724. The summed E-state index contributed by atoms with van der Waals surface area (Å²) in [5.41, 5.74) is 2.91. The SMILES string of the molecule is O=C(Nc1cccc2c1C[C@H](O)C2)N[C@@H]1CCOc2c(OC(F)(F)F)cccc21. The Labute approximate surface area is 164 Å². The molecule has 2 aromatic rings. The number of aliphatic hydroxyl groups is 1. The van der Waals surface area contributed by atoms with E-state index in [-0.39, 0.29) is 12.4 Å². The zero-order chi connectivity index (χ0) is 20.6. The molecule has 9 heteroatoms. The summed E-state index contributed by atoms with van der Waals surface area (Å²) >= 11 is 0. The van der Waals surface area contributed by atoms with Crippen LogP contribution in [-0.4, -0.2) is 30.2 Å². The predicted octanol–water partition coefficient (Wildman–Crippen LogP) is 3.69. The molecule has 154 valence electrons. The van der Waals surface area contributed by atoms with Gasteiger partial charge in [-0.15, -0.1) is 13.2 Å². The molecule has 0 unspecified atom stereocenters. The zero-order valence-corrected chi connectivity index (χ0v) is 15.3. The summed E-state index contributed by atoms with van der Waals surface area (Å²) in [6.45, 7) is 0.142. The first kappa shape index (κ1) is 19.4. The van der Waals surface area contributed by atoms with Gasteiger partial charge in [0.05, 0.1) is 18.8 Å². The van der Waals surface area contributed by atoms with E-state index in [0.717, 1.165) is 11.1 Å². The summed E-state index contributed by atoms with van der Waals surface area (Å²) in [5.74, 6) is -0.457. The number of nitrogens with one attached hydrogen (secondary N) is 2. The number of ether oxygens (including phenoxy) is 2. The van der Waals surface area contributed by atoms with Crippen LogP contribution in [-0.2, 0) is 12.8 Å². The van der Waals surface area contributed by atoms with Gasteiger partial charge in [-0.25, -0.2) is 4.79 Å². The summed E-state index contributed by atoms with van der Waals surface area (Å²) in [7, 11) is 0. The number of halogens is 3. The van der Waals surface area contributed by atoms with Crippen molar-refractivity contribution in [2.75, 3.05) is 11.9 Å². The summed E-state index contributed by atoms with van der Waals surface area (Å²) in [4.78, 5) is 12.5. The van der Waals surface area contributed by atoms with E-state index in [0.29, 0.717) is 30.5 Å². The van der Waals surface area contributed by atoms with Gasteiger partial charge in [0, 0.05) is 24.1 Å². The number of fused-ring (bicyclic) bond motifs is 2. The first-order valence-corrected chi connectivity index (χ1v) is 9.18. The van der Waals surface area contributed by atoms with E-state index < -0.39 is 30.3 Å². The molecule has 2 aromatic carbocycles. The van der Waals surface area contributed by atoms with Gasteiger partial charge in [-0.3, -0.25) is 0 Å². The number of amides is 2. The fourth-order valence-corrected chi connectivity index (χ4v) is 3.81. The molecule has 0 aromatic heterocycles. The van der Waals surface area contributed by atoms with Gasteiger partial charge < -0.3 is 25.2 Å². The predicted molar refractivity (Wildman–Crippen MR) is 98.0 cm³/mol. The molecule has 2 atom stereocenters. The molecular formula is C20H19F3N2O4. The van der Waals surface area contributed by atoms with E-state index in [1.165, 1.54) is 12.1 Å². The fraction of sp³-hybridized carbons (Fsp3) is 0.350. The lowest BCUT2D eigenvalue weighted by Gasteiger charge is -2.28. The van der Waals surface area contributed by atoms with Crippen molar-refractivity contribution >= 4 is 11.7 Å². The van der Waals surface area contributed by atoms with Crippen LogP contribution in [0, 0.1) is 0 Å². The van der Waals surface area contributed by atoms with Crippen molar-refractivity contribution in [2.24, 2.45) is 0 Å². The Morgan fingerprint density at radius 1 is 1.17 bits per heavy atom. The highest BCUT2D eigenvalue weighted by Crippen LogP contribution is 2.41. The minimum atomic E-state index is -4.84. The second-order valence-electron chi connectivity index (χ2n) is 7.02. The third kappa shape index (κ3) is 4.24. The highest BCUT2D eigenvalue weighted by Gasteiger charge is 2.35. The van der Waals surface area contributed by atoms with Crippen molar-refractivity contribution in [3.8, 4) is 11.5 Å². The number of carbonyl (C=O) groups excluding carboxylic acids is 1. The molecule has 0 saturated carbocycles. The summed E-state index contributed by atoms with van der Waals surface area (Å²) in [6, 6.07) is 8.64. The van der Waals surface area contributed by atoms with Crippen molar-refractivity contribution in [3.63, 3.8) is 0 Å². The minimum Gasteiger partial charge on any atom is -0.489 e. The maximum atomic E-state index is 12.6. The highest BCUT2D eigenvalue weighted by molar-refractivity contribution is 5.90. The average Bonchev–Trinajstić information content (AvgIpc) is 3.02.